The quantitative estimate of drug-likeness (QED) is 0.115. The molecule has 0 spiro atoms. The smallest absolute Gasteiger partial charge is 0.187 e. The van der Waals surface area contributed by atoms with Crippen molar-refractivity contribution in [3.63, 3.8) is 0 Å². The minimum atomic E-state index is -0.160. The standard InChI is InChI=1S/C52H45N3/c1-51(2,3)39-22-28-44(29-23-39)54(45-30-24-40(53-6)25-31-45)43-26-19-37(20-27-43)17-18-38-21-33-47-48-34-32-46(36-50(48)52(4,5)49(47)35-38)55(41-13-9-7-10-14-41)42-15-11-8-12-16-42/h7-36H,1-5H3/b18-17+. The number of para-hydroxylation sites is 2. The zero-order valence-electron chi connectivity index (χ0n) is 32.2. The van der Waals surface area contributed by atoms with Crippen molar-refractivity contribution < 1.29 is 0 Å². The Hall–Kier alpha value is -6.63. The van der Waals surface area contributed by atoms with Crippen molar-refractivity contribution in [1.82, 2.24) is 0 Å². The van der Waals surface area contributed by atoms with Crippen LogP contribution >= 0.6 is 0 Å². The van der Waals surface area contributed by atoms with E-state index in [1.165, 1.54) is 33.4 Å². The molecule has 0 unspecified atom stereocenters. The molecule has 1 aliphatic rings. The summed E-state index contributed by atoms with van der Waals surface area (Å²) in [4.78, 5) is 8.19. The predicted octanol–water partition coefficient (Wildman–Crippen LogP) is 15.0. The molecule has 1 aliphatic carbocycles. The lowest BCUT2D eigenvalue weighted by Crippen LogP contribution is -2.16. The van der Waals surface area contributed by atoms with Gasteiger partial charge < -0.3 is 9.80 Å². The number of hydrogen-bond donors (Lipinski definition) is 0. The molecule has 3 nitrogen and oxygen atoms in total. The Bertz CT molecular complexity index is 2480. The first-order valence-corrected chi connectivity index (χ1v) is 19.0. The van der Waals surface area contributed by atoms with E-state index < -0.39 is 0 Å². The second-order valence-electron chi connectivity index (χ2n) is 15.9. The first-order valence-electron chi connectivity index (χ1n) is 19.0. The van der Waals surface area contributed by atoms with E-state index in [1.807, 2.05) is 24.3 Å². The monoisotopic (exact) mass is 711 g/mol. The Balaban J connectivity index is 1.07. The highest BCUT2D eigenvalue weighted by molar-refractivity contribution is 5.87. The van der Waals surface area contributed by atoms with Gasteiger partial charge in [0.15, 0.2) is 5.69 Å². The van der Waals surface area contributed by atoms with Gasteiger partial charge in [-0.05, 0) is 117 Å². The van der Waals surface area contributed by atoms with E-state index >= 15 is 0 Å². The van der Waals surface area contributed by atoms with Crippen LogP contribution in [-0.4, -0.2) is 0 Å². The maximum absolute atomic E-state index is 7.42. The van der Waals surface area contributed by atoms with Gasteiger partial charge in [0.2, 0.25) is 0 Å². The first-order chi connectivity index (χ1) is 26.6. The molecule has 55 heavy (non-hydrogen) atoms. The summed E-state index contributed by atoms with van der Waals surface area (Å²) in [6.45, 7) is 18.8. The second-order valence-corrected chi connectivity index (χ2v) is 15.9. The summed E-state index contributed by atoms with van der Waals surface area (Å²) >= 11 is 0. The minimum absolute atomic E-state index is 0.0731. The predicted molar refractivity (Wildman–Crippen MR) is 234 cm³/mol. The van der Waals surface area contributed by atoms with E-state index in [0.29, 0.717) is 5.69 Å². The molecule has 0 aromatic heterocycles. The number of hydrogen-bond acceptors (Lipinski definition) is 2. The fourth-order valence-corrected chi connectivity index (χ4v) is 7.75. The van der Waals surface area contributed by atoms with Crippen molar-refractivity contribution in [3.05, 3.63) is 209 Å². The van der Waals surface area contributed by atoms with Gasteiger partial charge in [-0.15, -0.1) is 0 Å². The van der Waals surface area contributed by atoms with Crippen LogP contribution in [-0.2, 0) is 10.8 Å². The average molecular weight is 712 g/mol. The van der Waals surface area contributed by atoms with Crippen LogP contribution in [0.4, 0.5) is 39.8 Å². The summed E-state index contributed by atoms with van der Waals surface area (Å²) < 4.78 is 0. The Kier molecular flexibility index (Phi) is 9.21. The van der Waals surface area contributed by atoms with Crippen LogP contribution in [0.5, 0.6) is 0 Å². The van der Waals surface area contributed by atoms with Gasteiger partial charge in [-0.3, -0.25) is 0 Å². The molecule has 0 saturated carbocycles. The third kappa shape index (κ3) is 6.96. The average Bonchev–Trinajstić information content (AvgIpc) is 3.43. The van der Waals surface area contributed by atoms with Gasteiger partial charge in [0, 0.05) is 39.5 Å². The minimum Gasteiger partial charge on any atom is -0.311 e. The van der Waals surface area contributed by atoms with Gasteiger partial charge in [-0.25, -0.2) is 4.85 Å². The lowest BCUT2D eigenvalue weighted by atomic mass is 9.81. The Morgan fingerprint density at radius 2 is 0.891 bits per heavy atom. The summed E-state index contributed by atoms with van der Waals surface area (Å²) in [5.41, 5.74) is 16.0. The van der Waals surface area contributed by atoms with E-state index in [1.54, 1.807) is 0 Å². The van der Waals surface area contributed by atoms with Crippen LogP contribution in [0.2, 0.25) is 0 Å². The summed E-state index contributed by atoms with van der Waals surface area (Å²) in [5.74, 6) is 0. The van der Waals surface area contributed by atoms with Gasteiger partial charge in [0.1, 0.15) is 0 Å². The molecule has 7 aromatic rings. The van der Waals surface area contributed by atoms with Crippen LogP contribution in [0.3, 0.4) is 0 Å². The van der Waals surface area contributed by atoms with E-state index in [9.17, 15) is 0 Å². The Labute approximate surface area is 326 Å². The van der Waals surface area contributed by atoms with Crippen molar-refractivity contribution in [1.29, 1.82) is 0 Å². The molecule has 0 saturated heterocycles. The van der Waals surface area contributed by atoms with Crippen molar-refractivity contribution in [2.75, 3.05) is 9.80 Å². The van der Waals surface area contributed by atoms with E-state index in [4.69, 9.17) is 6.57 Å². The Morgan fingerprint density at radius 3 is 1.44 bits per heavy atom. The van der Waals surface area contributed by atoms with Crippen LogP contribution in [0.25, 0.3) is 28.1 Å². The molecule has 0 atom stereocenters. The highest BCUT2D eigenvalue weighted by Gasteiger charge is 2.36. The molecule has 7 aromatic carbocycles. The van der Waals surface area contributed by atoms with Gasteiger partial charge in [0.25, 0.3) is 0 Å². The van der Waals surface area contributed by atoms with Crippen LogP contribution in [0, 0.1) is 6.57 Å². The van der Waals surface area contributed by atoms with Crippen molar-refractivity contribution in [3.8, 4) is 11.1 Å². The highest BCUT2D eigenvalue weighted by atomic mass is 15.1. The SMILES string of the molecule is [C-]#[N+]c1ccc(N(c2ccc(/C=C/c3ccc4c(c3)C(C)(C)c3cc(N(c5ccccc5)c5ccccc5)ccc3-4)cc2)c2ccc(C(C)(C)C)cc2)cc1. The highest BCUT2D eigenvalue weighted by Crippen LogP contribution is 2.51. The molecule has 268 valence electrons. The van der Waals surface area contributed by atoms with Crippen molar-refractivity contribution in [2.45, 2.75) is 45.4 Å². The van der Waals surface area contributed by atoms with E-state index in [-0.39, 0.29) is 10.8 Å². The maximum atomic E-state index is 7.42. The fourth-order valence-electron chi connectivity index (χ4n) is 7.75. The van der Waals surface area contributed by atoms with Crippen LogP contribution < -0.4 is 9.80 Å². The van der Waals surface area contributed by atoms with Gasteiger partial charge in [-0.2, -0.15) is 0 Å². The lowest BCUT2D eigenvalue weighted by Gasteiger charge is -2.28. The summed E-state index contributed by atoms with van der Waals surface area (Å²) in [6.07, 6.45) is 4.42. The zero-order valence-corrected chi connectivity index (χ0v) is 32.2. The molecular weight excluding hydrogens is 667 g/mol. The van der Waals surface area contributed by atoms with Gasteiger partial charge >= 0.3 is 0 Å². The molecule has 0 radical (unpaired) electrons. The molecular formula is C52H45N3. The number of fused-ring (bicyclic) bond motifs is 3. The third-order valence-electron chi connectivity index (χ3n) is 10.8. The number of benzene rings is 7. The fraction of sp³-hybridized carbons (Fsp3) is 0.135. The molecule has 0 bridgehead atoms. The van der Waals surface area contributed by atoms with Gasteiger partial charge in [0.05, 0.1) is 6.57 Å². The van der Waals surface area contributed by atoms with Gasteiger partial charge in [-0.1, -0.05) is 144 Å². The summed E-state index contributed by atoms with van der Waals surface area (Å²) in [7, 11) is 0. The summed E-state index contributed by atoms with van der Waals surface area (Å²) in [5, 5.41) is 0. The largest absolute Gasteiger partial charge is 0.311 e. The second kappa shape index (κ2) is 14.3. The first kappa shape index (κ1) is 35.4. The maximum Gasteiger partial charge on any atom is 0.187 e. The van der Waals surface area contributed by atoms with E-state index in [2.05, 4.69) is 207 Å². The third-order valence-corrected chi connectivity index (χ3v) is 10.8. The van der Waals surface area contributed by atoms with Crippen LogP contribution in [0.1, 0.15) is 62.4 Å². The lowest BCUT2D eigenvalue weighted by molar-refractivity contribution is 0.590. The molecule has 0 fully saturated rings. The number of anilines is 6. The topological polar surface area (TPSA) is 10.8 Å². The normalized spacial score (nSPS) is 12.9. The molecule has 0 heterocycles. The molecule has 0 aliphatic heterocycles. The summed E-state index contributed by atoms with van der Waals surface area (Å²) in [6, 6.07) is 60.4. The number of nitrogens with zero attached hydrogens (tertiary/aromatic N) is 3. The molecule has 3 heteroatoms. The molecule has 0 amide bonds. The Morgan fingerprint density at radius 1 is 0.473 bits per heavy atom. The molecule has 0 N–H and O–H groups in total. The van der Waals surface area contributed by atoms with Crippen molar-refractivity contribution in [2.24, 2.45) is 0 Å². The van der Waals surface area contributed by atoms with E-state index in [0.717, 1.165) is 39.7 Å². The van der Waals surface area contributed by atoms with Crippen LogP contribution in [0.15, 0.2) is 170 Å². The molecule has 8 rings (SSSR count). The number of rotatable bonds is 8. The van der Waals surface area contributed by atoms with Crippen molar-refractivity contribution >= 4 is 52.0 Å². The zero-order chi connectivity index (χ0) is 38.2.